The number of carbonyl (C=O) groups is 2. The number of benzene rings is 1. The van der Waals surface area contributed by atoms with Crippen molar-refractivity contribution in [3.8, 4) is 0 Å². The number of fused-ring (bicyclic) bond motifs is 3. The number of carbonyl (C=O) groups excluding carboxylic acids is 2. The van der Waals surface area contributed by atoms with Crippen molar-refractivity contribution in [2.45, 2.75) is 20.3 Å². The first-order valence-corrected chi connectivity index (χ1v) is 8.79. The summed E-state index contributed by atoms with van der Waals surface area (Å²) in [5, 5.41) is 2.59. The molecule has 0 atom stereocenters. The second-order valence-corrected chi connectivity index (χ2v) is 6.57. The van der Waals surface area contributed by atoms with E-state index in [1.807, 2.05) is 30.0 Å². The molecule has 1 aromatic carbocycles. The quantitative estimate of drug-likeness (QED) is 0.848. The molecule has 7 heteroatoms. The van der Waals surface area contributed by atoms with Crippen LogP contribution in [0.4, 0.5) is 11.5 Å². The molecule has 0 saturated carbocycles. The number of ketones is 1. The van der Waals surface area contributed by atoms with E-state index in [9.17, 15) is 9.59 Å². The van der Waals surface area contributed by atoms with Gasteiger partial charge in [-0.3, -0.25) is 14.6 Å². The van der Waals surface area contributed by atoms with Crippen LogP contribution in [0.15, 0.2) is 46.5 Å². The van der Waals surface area contributed by atoms with Gasteiger partial charge < -0.3 is 10.2 Å². The number of amidine groups is 2. The number of nitrogens with one attached hydrogen (secondary N) is 1. The number of rotatable bonds is 4. The third kappa shape index (κ3) is 3.23. The van der Waals surface area contributed by atoms with E-state index in [1.165, 1.54) is 13.1 Å². The zero-order valence-electron chi connectivity index (χ0n) is 15.2. The van der Waals surface area contributed by atoms with Gasteiger partial charge in [0.2, 0.25) is 5.91 Å². The Balaban J connectivity index is 1.60. The first-order chi connectivity index (χ1) is 13.0. The summed E-state index contributed by atoms with van der Waals surface area (Å²) in [5.41, 5.74) is 3.45. The summed E-state index contributed by atoms with van der Waals surface area (Å²) in [5.74, 6) is 1.76. The number of para-hydroxylation sites is 1. The smallest absolute Gasteiger partial charge is 0.222 e. The third-order valence-corrected chi connectivity index (χ3v) is 4.58. The van der Waals surface area contributed by atoms with Gasteiger partial charge in [-0.1, -0.05) is 12.1 Å². The summed E-state index contributed by atoms with van der Waals surface area (Å²) < 4.78 is 0. The van der Waals surface area contributed by atoms with Gasteiger partial charge in [0.15, 0.2) is 5.78 Å². The van der Waals surface area contributed by atoms with E-state index in [0.29, 0.717) is 23.8 Å². The maximum absolute atomic E-state index is 12.8. The van der Waals surface area contributed by atoms with Crippen molar-refractivity contribution >= 4 is 34.9 Å². The number of aliphatic imine (C=N–C) groups is 2. The molecule has 2 aromatic rings. The van der Waals surface area contributed by atoms with Gasteiger partial charge in [0.05, 0.1) is 18.7 Å². The third-order valence-electron chi connectivity index (χ3n) is 4.58. The Kier molecular flexibility index (Phi) is 4.27. The van der Waals surface area contributed by atoms with E-state index < -0.39 is 0 Å². The van der Waals surface area contributed by atoms with Crippen LogP contribution in [-0.2, 0) is 4.79 Å². The maximum Gasteiger partial charge on any atom is 0.222 e. The highest BCUT2D eigenvalue weighted by Gasteiger charge is 2.31. The molecule has 4 rings (SSSR count). The van der Waals surface area contributed by atoms with E-state index in [2.05, 4.69) is 15.3 Å². The van der Waals surface area contributed by atoms with Gasteiger partial charge in [-0.15, -0.1) is 0 Å². The van der Waals surface area contributed by atoms with Crippen molar-refractivity contribution in [1.82, 2.24) is 9.88 Å². The molecule has 0 radical (unpaired) electrons. The molecule has 3 heterocycles. The second kappa shape index (κ2) is 6.75. The lowest BCUT2D eigenvalue weighted by molar-refractivity contribution is -0.114. The minimum atomic E-state index is -0.201. The fraction of sp³-hybridized carbons (Fsp3) is 0.250. The summed E-state index contributed by atoms with van der Waals surface area (Å²) in [6.07, 6.45) is 1.66. The number of nitrogens with zero attached hydrogens (tertiary/aromatic N) is 4. The Morgan fingerprint density at radius 1 is 1.22 bits per heavy atom. The molecule has 2 aliphatic heterocycles. The zero-order valence-corrected chi connectivity index (χ0v) is 15.2. The molecular weight excluding hydrogens is 342 g/mol. The summed E-state index contributed by atoms with van der Waals surface area (Å²) in [7, 11) is 0. The first-order valence-electron chi connectivity index (χ1n) is 8.79. The molecule has 1 amide bonds. The summed E-state index contributed by atoms with van der Waals surface area (Å²) in [6.45, 7) is 4.85. The predicted octanol–water partition coefficient (Wildman–Crippen LogP) is 2.73. The van der Waals surface area contributed by atoms with Crippen LogP contribution in [0.1, 0.15) is 34.8 Å². The normalized spacial score (nSPS) is 14.8. The molecule has 1 N–H and O–H groups in total. The van der Waals surface area contributed by atoms with Crippen molar-refractivity contribution in [1.29, 1.82) is 0 Å². The van der Waals surface area contributed by atoms with Crippen LogP contribution in [-0.4, -0.2) is 46.3 Å². The molecule has 0 spiro atoms. The Labute approximate surface area is 156 Å². The van der Waals surface area contributed by atoms with Gasteiger partial charge in [0, 0.05) is 30.8 Å². The van der Waals surface area contributed by atoms with E-state index in [0.717, 1.165) is 29.2 Å². The largest absolute Gasteiger partial charge is 0.312 e. The lowest BCUT2D eigenvalue weighted by Crippen LogP contribution is -2.38. The fourth-order valence-corrected chi connectivity index (χ4v) is 3.30. The number of hydrogen-bond acceptors (Lipinski definition) is 6. The molecule has 0 aliphatic carbocycles. The van der Waals surface area contributed by atoms with Gasteiger partial charge >= 0.3 is 0 Å². The molecule has 1 aromatic heterocycles. The van der Waals surface area contributed by atoms with Gasteiger partial charge in [0.1, 0.15) is 17.5 Å². The summed E-state index contributed by atoms with van der Waals surface area (Å²) in [4.78, 5) is 39.4. The lowest BCUT2D eigenvalue weighted by atomic mass is 10.0. The topological polar surface area (TPSA) is 87.0 Å². The minimum Gasteiger partial charge on any atom is -0.312 e. The van der Waals surface area contributed by atoms with Crippen molar-refractivity contribution in [3.63, 3.8) is 0 Å². The average molecular weight is 361 g/mol. The molecular formula is C20H19N5O2. The number of aryl methyl sites for hydroxylation is 1. The van der Waals surface area contributed by atoms with E-state index in [1.54, 1.807) is 12.1 Å². The molecule has 0 bridgehead atoms. The van der Waals surface area contributed by atoms with Gasteiger partial charge in [0.25, 0.3) is 0 Å². The number of Topliss-reactive ketones (excluding diaryl/α,β-unsaturated/α-hetero) is 1. The highest BCUT2D eigenvalue weighted by Crippen LogP contribution is 2.32. The molecule has 7 nitrogen and oxygen atoms in total. The molecule has 2 aliphatic rings. The Morgan fingerprint density at radius 2 is 2.07 bits per heavy atom. The van der Waals surface area contributed by atoms with E-state index in [4.69, 9.17) is 4.99 Å². The standard InChI is InChI=1S/C20H19N5O2/c1-12-4-3-5-15-19(12)24-18(25-9-8-21-20(15)25)10-16(27)14-6-7-17(22-11-14)23-13(2)26/h3-7,11H,8-10H2,1-2H3,(H,22,23,26). The van der Waals surface area contributed by atoms with Crippen molar-refractivity contribution in [3.05, 3.63) is 53.2 Å². The Bertz CT molecular complexity index is 992. The fourth-order valence-electron chi connectivity index (χ4n) is 3.30. The first kappa shape index (κ1) is 17.1. The van der Waals surface area contributed by atoms with Gasteiger partial charge in [-0.25, -0.2) is 9.98 Å². The number of anilines is 1. The lowest BCUT2D eigenvalue weighted by Gasteiger charge is -2.28. The van der Waals surface area contributed by atoms with Crippen LogP contribution in [0, 0.1) is 6.92 Å². The SMILES string of the molecule is CC(=O)Nc1ccc(C(=O)CC2=Nc3c(C)cccc3C3=NCCN23)cn1. The molecule has 27 heavy (non-hydrogen) atoms. The van der Waals surface area contributed by atoms with E-state index in [-0.39, 0.29) is 18.1 Å². The maximum atomic E-state index is 12.8. The number of pyridine rings is 1. The van der Waals surface area contributed by atoms with E-state index >= 15 is 0 Å². The van der Waals surface area contributed by atoms with Crippen molar-refractivity contribution in [2.24, 2.45) is 9.98 Å². The number of amides is 1. The highest BCUT2D eigenvalue weighted by atomic mass is 16.1. The van der Waals surface area contributed by atoms with Crippen LogP contribution in [0.3, 0.4) is 0 Å². The number of aromatic nitrogens is 1. The molecule has 0 unspecified atom stereocenters. The van der Waals surface area contributed by atoms with Crippen LogP contribution in [0.2, 0.25) is 0 Å². The van der Waals surface area contributed by atoms with Crippen LogP contribution < -0.4 is 5.32 Å². The zero-order chi connectivity index (χ0) is 19.0. The Hall–Kier alpha value is -3.35. The average Bonchev–Trinajstić information content (AvgIpc) is 3.13. The highest BCUT2D eigenvalue weighted by molar-refractivity contribution is 6.21. The van der Waals surface area contributed by atoms with Crippen molar-refractivity contribution < 1.29 is 9.59 Å². The predicted molar refractivity (Wildman–Crippen MR) is 104 cm³/mol. The molecule has 0 saturated heterocycles. The summed E-state index contributed by atoms with van der Waals surface area (Å²) >= 11 is 0. The molecule has 136 valence electrons. The van der Waals surface area contributed by atoms with Gasteiger partial charge in [-0.2, -0.15) is 0 Å². The second-order valence-electron chi connectivity index (χ2n) is 6.57. The van der Waals surface area contributed by atoms with Crippen molar-refractivity contribution in [2.75, 3.05) is 18.4 Å². The summed E-state index contributed by atoms with van der Waals surface area (Å²) in [6, 6.07) is 9.33. The van der Waals surface area contributed by atoms with Gasteiger partial charge in [-0.05, 0) is 30.7 Å². The Morgan fingerprint density at radius 3 is 2.81 bits per heavy atom. The number of hydrogen-bond donors (Lipinski definition) is 1. The van der Waals surface area contributed by atoms with Crippen LogP contribution in [0.25, 0.3) is 0 Å². The minimum absolute atomic E-state index is 0.0705. The van der Waals surface area contributed by atoms with Crippen LogP contribution in [0.5, 0.6) is 0 Å². The monoisotopic (exact) mass is 361 g/mol. The van der Waals surface area contributed by atoms with Crippen LogP contribution >= 0.6 is 0 Å². The molecule has 0 fully saturated rings.